The fraction of sp³-hybridized carbons (Fsp3) is 0.368. The van der Waals surface area contributed by atoms with Crippen LogP contribution in [-0.2, 0) is 4.74 Å². The van der Waals surface area contributed by atoms with E-state index in [1.807, 2.05) is 4.57 Å². The van der Waals surface area contributed by atoms with Crippen molar-refractivity contribution in [2.45, 2.75) is 39.3 Å². The van der Waals surface area contributed by atoms with Crippen LogP contribution in [0.15, 0.2) is 31.0 Å². The van der Waals surface area contributed by atoms with Crippen LogP contribution in [0.5, 0.6) is 0 Å². The molecule has 0 aliphatic carbocycles. The van der Waals surface area contributed by atoms with E-state index in [0.717, 1.165) is 23.8 Å². The Bertz CT molecular complexity index is 1050. The van der Waals surface area contributed by atoms with Gasteiger partial charge in [-0.2, -0.15) is 0 Å². The van der Waals surface area contributed by atoms with Gasteiger partial charge in [0.1, 0.15) is 12.0 Å². The summed E-state index contributed by atoms with van der Waals surface area (Å²) in [7, 11) is 1.31. The lowest BCUT2D eigenvalue weighted by molar-refractivity contribution is 0.187. The second-order valence-electron chi connectivity index (χ2n) is 6.92. The van der Waals surface area contributed by atoms with E-state index >= 15 is 0 Å². The average Bonchev–Trinajstić information content (AvgIpc) is 3.22. The fourth-order valence-electron chi connectivity index (χ4n) is 3.62. The maximum Gasteiger partial charge on any atom is 0.411 e. The quantitative estimate of drug-likeness (QED) is 0.719. The minimum Gasteiger partial charge on any atom is -0.453 e. The van der Waals surface area contributed by atoms with Crippen LogP contribution in [-0.4, -0.2) is 49.0 Å². The van der Waals surface area contributed by atoms with Crippen molar-refractivity contribution >= 4 is 17.6 Å². The number of aromatic nitrogens is 6. The fourth-order valence-corrected chi connectivity index (χ4v) is 3.62. The highest BCUT2D eigenvalue weighted by atomic mass is 16.5. The van der Waals surface area contributed by atoms with Crippen LogP contribution in [0.4, 0.5) is 16.3 Å². The highest BCUT2D eigenvalue weighted by molar-refractivity contribution is 5.90. The third-order valence-corrected chi connectivity index (χ3v) is 4.89. The molecule has 0 saturated heterocycles. The van der Waals surface area contributed by atoms with Gasteiger partial charge in [-0.05, 0) is 26.3 Å². The molecule has 10 nitrogen and oxygen atoms in total. The molecule has 3 aromatic rings. The Morgan fingerprint density at radius 1 is 1.34 bits per heavy atom. The minimum absolute atomic E-state index is 0.0536. The number of methoxy groups -OCH3 is 1. The van der Waals surface area contributed by atoms with Crippen LogP contribution >= 0.6 is 0 Å². The molecular weight excluding hydrogens is 372 g/mol. The van der Waals surface area contributed by atoms with Crippen LogP contribution in [0, 0.1) is 0 Å². The van der Waals surface area contributed by atoms with Gasteiger partial charge in [0.25, 0.3) is 0 Å². The van der Waals surface area contributed by atoms with Gasteiger partial charge in [-0.25, -0.2) is 14.8 Å². The molecule has 1 aliphatic heterocycles. The van der Waals surface area contributed by atoms with E-state index in [4.69, 9.17) is 9.72 Å². The Kier molecular flexibility index (Phi) is 4.83. The van der Waals surface area contributed by atoms with E-state index in [1.54, 1.807) is 31.0 Å². The molecule has 1 amide bonds. The number of hydrogen-bond acceptors (Lipinski definition) is 8. The van der Waals surface area contributed by atoms with Crippen molar-refractivity contribution in [3.8, 4) is 17.1 Å². The van der Waals surface area contributed by atoms with Crippen LogP contribution in [0.3, 0.4) is 0 Å². The molecule has 1 aliphatic rings. The number of nitrogens with zero attached hydrogens (tertiary/aromatic N) is 7. The van der Waals surface area contributed by atoms with E-state index in [0.29, 0.717) is 17.1 Å². The van der Waals surface area contributed by atoms with E-state index in [9.17, 15) is 4.79 Å². The number of rotatable bonds is 4. The number of anilines is 2. The molecule has 4 heterocycles. The van der Waals surface area contributed by atoms with Gasteiger partial charge in [0.2, 0.25) is 0 Å². The number of carbonyl (C=O) groups excluding carboxylic acids is 1. The van der Waals surface area contributed by atoms with Crippen molar-refractivity contribution in [2.75, 3.05) is 17.3 Å². The van der Waals surface area contributed by atoms with Gasteiger partial charge in [-0.3, -0.25) is 14.9 Å². The maximum atomic E-state index is 11.7. The van der Waals surface area contributed by atoms with Crippen molar-refractivity contribution in [1.82, 2.24) is 29.7 Å². The van der Waals surface area contributed by atoms with Gasteiger partial charge in [0.15, 0.2) is 17.5 Å². The zero-order valence-electron chi connectivity index (χ0n) is 16.7. The monoisotopic (exact) mass is 394 g/mol. The van der Waals surface area contributed by atoms with Crippen LogP contribution in [0.25, 0.3) is 17.1 Å². The SMILES string of the molecule is CCC1c2nncn2-c2cnc(-c3ccncc3NC(=O)OC)nc2N1C(C)C. The molecule has 0 aromatic carbocycles. The van der Waals surface area contributed by atoms with Crippen molar-refractivity contribution in [1.29, 1.82) is 0 Å². The summed E-state index contributed by atoms with van der Waals surface area (Å²) in [6.07, 6.45) is 6.90. The van der Waals surface area contributed by atoms with E-state index in [2.05, 4.69) is 51.2 Å². The molecule has 3 aromatic heterocycles. The topological polar surface area (TPSA) is 111 Å². The molecule has 1 atom stereocenters. The molecule has 10 heteroatoms. The first kappa shape index (κ1) is 18.8. The molecule has 0 fully saturated rings. The zero-order chi connectivity index (χ0) is 20.5. The molecule has 1 unspecified atom stereocenters. The molecule has 0 bridgehead atoms. The van der Waals surface area contributed by atoms with Crippen molar-refractivity contribution in [3.05, 3.63) is 36.8 Å². The first-order chi connectivity index (χ1) is 14.0. The summed E-state index contributed by atoms with van der Waals surface area (Å²) >= 11 is 0. The van der Waals surface area contributed by atoms with E-state index < -0.39 is 6.09 Å². The summed E-state index contributed by atoms with van der Waals surface area (Å²) < 4.78 is 6.64. The summed E-state index contributed by atoms with van der Waals surface area (Å²) in [5.74, 6) is 2.15. The van der Waals surface area contributed by atoms with Crippen molar-refractivity contribution in [3.63, 3.8) is 0 Å². The highest BCUT2D eigenvalue weighted by Gasteiger charge is 2.35. The lowest BCUT2D eigenvalue weighted by atomic mass is 10.1. The lowest BCUT2D eigenvalue weighted by Crippen LogP contribution is -2.40. The largest absolute Gasteiger partial charge is 0.453 e. The normalized spacial score (nSPS) is 15.1. The van der Waals surface area contributed by atoms with Crippen molar-refractivity contribution < 1.29 is 9.53 Å². The summed E-state index contributed by atoms with van der Waals surface area (Å²) in [6, 6.07) is 2.01. The predicted molar refractivity (Wildman–Crippen MR) is 107 cm³/mol. The second-order valence-corrected chi connectivity index (χ2v) is 6.92. The van der Waals surface area contributed by atoms with Gasteiger partial charge < -0.3 is 9.64 Å². The molecule has 150 valence electrons. The number of ether oxygens (including phenoxy) is 1. The smallest absolute Gasteiger partial charge is 0.411 e. The zero-order valence-corrected chi connectivity index (χ0v) is 16.7. The van der Waals surface area contributed by atoms with Crippen molar-refractivity contribution in [2.24, 2.45) is 0 Å². The summed E-state index contributed by atoms with van der Waals surface area (Å²) in [5.41, 5.74) is 1.95. The highest BCUT2D eigenvalue weighted by Crippen LogP contribution is 2.40. The molecule has 0 spiro atoms. The number of pyridine rings is 1. The molecule has 4 rings (SSSR count). The summed E-state index contributed by atoms with van der Waals surface area (Å²) in [4.78, 5) is 27.4. The second kappa shape index (κ2) is 7.46. The van der Waals surface area contributed by atoms with Gasteiger partial charge in [0.05, 0.1) is 31.2 Å². The number of carbonyl (C=O) groups is 1. The average molecular weight is 394 g/mol. The molecule has 0 radical (unpaired) electrons. The number of hydrogen-bond donors (Lipinski definition) is 1. The Labute approximate surface area is 168 Å². The van der Waals surface area contributed by atoms with Gasteiger partial charge in [0, 0.05) is 17.8 Å². The first-order valence-electron chi connectivity index (χ1n) is 9.40. The molecule has 1 N–H and O–H groups in total. The summed E-state index contributed by atoms with van der Waals surface area (Å²) in [5, 5.41) is 11.1. The summed E-state index contributed by atoms with van der Waals surface area (Å²) in [6.45, 7) is 6.36. The molecule has 0 saturated carbocycles. The Balaban J connectivity index is 1.86. The molecule has 29 heavy (non-hydrogen) atoms. The molecular formula is C19H22N8O2. The van der Waals surface area contributed by atoms with Gasteiger partial charge >= 0.3 is 6.09 Å². The number of fused-ring (bicyclic) bond motifs is 3. The standard InChI is InChI=1S/C19H22N8O2/c1-5-14-18-25-22-10-26(18)15-9-21-16(24-17(15)27(14)11(2)3)12-6-7-20-8-13(12)23-19(28)29-4/h6-11,14H,5H2,1-4H3,(H,23,28). The predicted octanol–water partition coefficient (Wildman–Crippen LogP) is 2.98. The minimum atomic E-state index is -0.582. The Hall–Kier alpha value is -3.56. The lowest BCUT2D eigenvalue weighted by Gasteiger charge is -2.39. The van der Waals surface area contributed by atoms with Gasteiger partial charge in [-0.1, -0.05) is 6.92 Å². The third kappa shape index (κ3) is 3.16. The van der Waals surface area contributed by atoms with Gasteiger partial charge in [-0.15, -0.1) is 10.2 Å². The Morgan fingerprint density at radius 2 is 2.17 bits per heavy atom. The number of amides is 1. The van der Waals surface area contributed by atoms with Crippen LogP contribution in [0.2, 0.25) is 0 Å². The first-order valence-corrected chi connectivity index (χ1v) is 9.40. The number of nitrogens with one attached hydrogen (secondary N) is 1. The van der Waals surface area contributed by atoms with Crippen LogP contribution in [0.1, 0.15) is 39.1 Å². The van der Waals surface area contributed by atoms with E-state index in [1.165, 1.54) is 7.11 Å². The van der Waals surface area contributed by atoms with Crippen LogP contribution < -0.4 is 10.2 Å². The Morgan fingerprint density at radius 3 is 2.90 bits per heavy atom. The third-order valence-electron chi connectivity index (χ3n) is 4.89. The van der Waals surface area contributed by atoms with E-state index in [-0.39, 0.29) is 12.1 Å². The maximum absolute atomic E-state index is 11.7.